The lowest BCUT2D eigenvalue weighted by atomic mass is 10.2. The second-order valence-electron chi connectivity index (χ2n) is 4.31. The summed E-state index contributed by atoms with van der Waals surface area (Å²) in [6, 6.07) is 4.48. The van der Waals surface area contributed by atoms with Crippen LogP contribution in [-0.4, -0.2) is 41.9 Å². The molecule has 0 amide bonds. The van der Waals surface area contributed by atoms with E-state index < -0.39 is 10.0 Å². The molecule has 1 rings (SSSR count). The molecule has 0 saturated carbocycles. The van der Waals surface area contributed by atoms with Gasteiger partial charge in [0.1, 0.15) is 0 Å². The van der Waals surface area contributed by atoms with Crippen molar-refractivity contribution in [1.82, 2.24) is 4.72 Å². The Kier molecular flexibility index (Phi) is 8.16. The van der Waals surface area contributed by atoms with Gasteiger partial charge >= 0.3 is 0 Å². The number of methoxy groups -OCH3 is 1. The third-order valence-electron chi connectivity index (χ3n) is 2.74. The Morgan fingerprint density at radius 2 is 2.05 bits per heavy atom. The molecule has 0 aliphatic heterocycles. The SMILES string of the molecule is COCCOCCCNS(=O)(=O)c1ccc(Cl)c(CN)c1. The summed E-state index contributed by atoms with van der Waals surface area (Å²) >= 11 is 5.91. The van der Waals surface area contributed by atoms with Crippen molar-refractivity contribution in [1.29, 1.82) is 0 Å². The molecule has 0 radical (unpaired) electrons. The van der Waals surface area contributed by atoms with Gasteiger partial charge in [0.25, 0.3) is 0 Å². The lowest BCUT2D eigenvalue weighted by Gasteiger charge is -2.09. The van der Waals surface area contributed by atoms with E-state index in [0.717, 1.165) is 0 Å². The molecule has 0 atom stereocenters. The number of hydrogen-bond acceptors (Lipinski definition) is 5. The molecule has 0 spiro atoms. The maximum atomic E-state index is 12.1. The normalized spacial score (nSPS) is 11.8. The molecule has 120 valence electrons. The van der Waals surface area contributed by atoms with Gasteiger partial charge in [-0.05, 0) is 30.2 Å². The fraction of sp³-hybridized carbons (Fsp3) is 0.538. The predicted molar refractivity (Wildman–Crippen MR) is 81.8 cm³/mol. The van der Waals surface area contributed by atoms with Crippen LogP contribution < -0.4 is 10.5 Å². The lowest BCUT2D eigenvalue weighted by Crippen LogP contribution is -2.26. The fourth-order valence-corrected chi connectivity index (χ4v) is 2.90. The number of ether oxygens (including phenoxy) is 2. The van der Waals surface area contributed by atoms with Gasteiger partial charge in [-0.2, -0.15) is 0 Å². The Morgan fingerprint density at radius 3 is 2.71 bits per heavy atom. The Balaban J connectivity index is 2.46. The number of benzene rings is 1. The van der Waals surface area contributed by atoms with Crippen LogP contribution in [-0.2, 0) is 26.0 Å². The van der Waals surface area contributed by atoms with Crippen molar-refractivity contribution < 1.29 is 17.9 Å². The van der Waals surface area contributed by atoms with Gasteiger partial charge in [0.05, 0.1) is 18.1 Å². The molecule has 1 aromatic carbocycles. The van der Waals surface area contributed by atoms with Crippen molar-refractivity contribution in [3.8, 4) is 0 Å². The minimum absolute atomic E-state index is 0.160. The van der Waals surface area contributed by atoms with Gasteiger partial charge in [-0.15, -0.1) is 0 Å². The van der Waals surface area contributed by atoms with Crippen LogP contribution in [0.25, 0.3) is 0 Å². The Labute approximate surface area is 130 Å². The maximum absolute atomic E-state index is 12.1. The maximum Gasteiger partial charge on any atom is 0.240 e. The summed E-state index contributed by atoms with van der Waals surface area (Å²) < 4.78 is 36.8. The summed E-state index contributed by atoms with van der Waals surface area (Å²) in [5.74, 6) is 0. The zero-order chi connectivity index (χ0) is 15.7. The largest absolute Gasteiger partial charge is 0.382 e. The van der Waals surface area contributed by atoms with Crippen LogP contribution >= 0.6 is 11.6 Å². The molecule has 8 heteroatoms. The van der Waals surface area contributed by atoms with E-state index in [1.807, 2.05) is 0 Å². The monoisotopic (exact) mass is 336 g/mol. The van der Waals surface area contributed by atoms with Gasteiger partial charge < -0.3 is 15.2 Å². The van der Waals surface area contributed by atoms with Crippen LogP contribution in [0.5, 0.6) is 0 Å². The lowest BCUT2D eigenvalue weighted by molar-refractivity contribution is 0.0699. The van der Waals surface area contributed by atoms with E-state index in [-0.39, 0.29) is 11.4 Å². The van der Waals surface area contributed by atoms with Crippen molar-refractivity contribution in [2.45, 2.75) is 17.9 Å². The number of halogens is 1. The summed E-state index contributed by atoms with van der Waals surface area (Å²) in [6.07, 6.45) is 0.584. The van der Waals surface area contributed by atoms with Crippen molar-refractivity contribution >= 4 is 21.6 Å². The Morgan fingerprint density at radius 1 is 1.29 bits per heavy atom. The molecule has 0 aromatic heterocycles. The standard InChI is InChI=1S/C13H21ClN2O4S/c1-19-7-8-20-6-2-5-16-21(17,18)12-3-4-13(14)11(9-12)10-15/h3-4,9,16H,2,5-8,10,15H2,1H3. The van der Waals surface area contributed by atoms with Crippen molar-refractivity contribution in [2.75, 3.05) is 33.5 Å². The number of hydrogen-bond donors (Lipinski definition) is 2. The van der Waals surface area contributed by atoms with E-state index in [9.17, 15) is 8.42 Å². The minimum Gasteiger partial charge on any atom is -0.382 e. The van der Waals surface area contributed by atoms with E-state index in [4.69, 9.17) is 26.8 Å². The molecule has 0 heterocycles. The van der Waals surface area contributed by atoms with Gasteiger partial charge in [-0.3, -0.25) is 0 Å². The molecule has 21 heavy (non-hydrogen) atoms. The van der Waals surface area contributed by atoms with Gasteiger partial charge in [0.15, 0.2) is 0 Å². The quantitative estimate of drug-likeness (QED) is 0.625. The number of rotatable bonds is 10. The molecule has 0 aliphatic rings. The average Bonchev–Trinajstić information content (AvgIpc) is 2.46. The highest BCUT2D eigenvalue weighted by atomic mass is 35.5. The first-order valence-corrected chi connectivity index (χ1v) is 8.42. The zero-order valence-electron chi connectivity index (χ0n) is 12.0. The molecule has 0 saturated heterocycles. The molecule has 0 bridgehead atoms. The topological polar surface area (TPSA) is 90.6 Å². The van der Waals surface area contributed by atoms with Crippen LogP contribution in [0.4, 0.5) is 0 Å². The molecule has 6 nitrogen and oxygen atoms in total. The van der Waals surface area contributed by atoms with Gasteiger partial charge in [-0.1, -0.05) is 11.6 Å². The summed E-state index contributed by atoms with van der Waals surface area (Å²) in [6.45, 7) is 1.99. The number of sulfonamides is 1. The fourth-order valence-electron chi connectivity index (χ4n) is 1.58. The summed E-state index contributed by atoms with van der Waals surface area (Å²) in [7, 11) is -1.96. The highest BCUT2D eigenvalue weighted by molar-refractivity contribution is 7.89. The Hall–Kier alpha value is -0.700. The summed E-state index contributed by atoms with van der Waals surface area (Å²) in [4.78, 5) is 0.160. The number of nitrogens with two attached hydrogens (primary N) is 1. The molecule has 3 N–H and O–H groups in total. The first-order chi connectivity index (χ1) is 10.0. The van der Waals surface area contributed by atoms with Crippen LogP contribution in [0.3, 0.4) is 0 Å². The van der Waals surface area contributed by atoms with Crippen LogP contribution in [0.1, 0.15) is 12.0 Å². The van der Waals surface area contributed by atoms with E-state index in [1.54, 1.807) is 7.11 Å². The van der Waals surface area contributed by atoms with Crippen LogP contribution in [0.15, 0.2) is 23.1 Å². The third-order valence-corrected chi connectivity index (χ3v) is 4.56. The molecule has 0 fully saturated rings. The van der Waals surface area contributed by atoms with Crippen molar-refractivity contribution in [3.05, 3.63) is 28.8 Å². The zero-order valence-corrected chi connectivity index (χ0v) is 13.5. The smallest absolute Gasteiger partial charge is 0.240 e. The van der Waals surface area contributed by atoms with E-state index in [2.05, 4.69) is 4.72 Å². The first kappa shape index (κ1) is 18.3. The molecule has 0 aliphatic carbocycles. The van der Waals surface area contributed by atoms with Crippen LogP contribution in [0.2, 0.25) is 5.02 Å². The van der Waals surface area contributed by atoms with Gasteiger partial charge in [0.2, 0.25) is 10.0 Å². The van der Waals surface area contributed by atoms with E-state index in [1.165, 1.54) is 18.2 Å². The highest BCUT2D eigenvalue weighted by Crippen LogP contribution is 2.19. The second-order valence-corrected chi connectivity index (χ2v) is 6.49. The molecular weight excluding hydrogens is 316 g/mol. The second kappa shape index (κ2) is 9.34. The van der Waals surface area contributed by atoms with Crippen molar-refractivity contribution in [3.63, 3.8) is 0 Å². The minimum atomic E-state index is -3.55. The number of nitrogens with one attached hydrogen (secondary N) is 1. The highest BCUT2D eigenvalue weighted by Gasteiger charge is 2.14. The van der Waals surface area contributed by atoms with Crippen molar-refractivity contribution in [2.24, 2.45) is 5.73 Å². The summed E-state index contributed by atoms with van der Waals surface area (Å²) in [5.41, 5.74) is 6.12. The molecule has 1 aromatic rings. The van der Waals surface area contributed by atoms with E-state index in [0.29, 0.717) is 43.4 Å². The molecule has 0 unspecified atom stereocenters. The summed E-state index contributed by atoms with van der Waals surface area (Å²) in [5, 5.41) is 0.461. The van der Waals surface area contributed by atoms with E-state index >= 15 is 0 Å². The Bertz CT molecular complexity index is 537. The molecular formula is C13H21ClN2O4S. The first-order valence-electron chi connectivity index (χ1n) is 6.56. The third kappa shape index (κ3) is 6.29. The van der Waals surface area contributed by atoms with Gasteiger partial charge in [-0.25, -0.2) is 13.1 Å². The average molecular weight is 337 g/mol. The van der Waals surface area contributed by atoms with Gasteiger partial charge in [0, 0.05) is 31.8 Å². The predicted octanol–water partition coefficient (Wildman–Crippen LogP) is 1.13. The van der Waals surface area contributed by atoms with Crippen LogP contribution in [0, 0.1) is 0 Å².